The number of rotatable bonds is 6. The van der Waals surface area contributed by atoms with Gasteiger partial charge in [-0.1, -0.05) is 0 Å². The summed E-state index contributed by atoms with van der Waals surface area (Å²) in [7, 11) is 0. The highest BCUT2D eigenvalue weighted by Gasteiger charge is 2.43. The second-order valence-electron chi connectivity index (χ2n) is 10.2. The van der Waals surface area contributed by atoms with Gasteiger partial charge >= 0.3 is 6.18 Å². The first-order valence-electron chi connectivity index (χ1n) is 12.3. The maximum atomic E-state index is 14.1. The normalized spacial score (nSPS) is 25.3. The van der Waals surface area contributed by atoms with Crippen LogP contribution in [0, 0.1) is 29.4 Å². The van der Waals surface area contributed by atoms with Crippen molar-refractivity contribution in [2.24, 2.45) is 17.8 Å². The average molecular weight is 513 g/mol. The molecule has 0 bridgehead atoms. The van der Waals surface area contributed by atoms with Crippen molar-refractivity contribution in [3.63, 3.8) is 0 Å². The molecule has 1 saturated carbocycles. The van der Waals surface area contributed by atoms with Crippen molar-refractivity contribution in [1.29, 1.82) is 0 Å². The fraction of sp³-hybridized carbons (Fsp3) is 0.600. The van der Waals surface area contributed by atoms with Gasteiger partial charge in [0, 0.05) is 50.0 Å². The summed E-state index contributed by atoms with van der Waals surface area (Å²) in [5, 5.41) is 19.6. The van der Waals surface area contributed by atoms with Crippen LogP contribution in [0.4, 0.5) is 27.8 Å². The number of halogens is 5. The Morgan fingerprint density at radius 3 is 2.22 bits per heavy atom. The number of aromatic nitrogens is 2. The number of benzene rings is 1. The van der Waals surface area contributed by atoms with Gasteiger partial charge < -0.3 is 20.1 Å². The highest BCUT2D eigenvalue weighted by molar-refractivity contribution is 5.63. The van der Waals surface area contributed by atoms with Crippen molar-refractivity contribution in [3.8, 4) is 11.3 Å². The summed E-state index contributed by atoms with van der Waals surface area (Å²) >= 11 is 0. The number of hydrogen-bond donors (Lipinski definition) is 2. The van der Waals surface area contributed by atoms with E-state index < -0.39 is 35.5 Å². The molecular formula is C25H29F5N4O2. The minimum atomic E-state index is -4.73. The third-order valence-electron chi connectivity index (χ3n) is 7.72. The molecule has 1 aromatic heterocycles. The molecule has 11 heteroatoms. The van der Waals surface area contributed by atoms with Crippen molar-refractivity contribution < 1.29 is 31.8 Å². The van der Waals surface area contributed by atoms with Gasteiger partial charge in [0.25, 0.3) is 0 Å². The standard InChI is InChI=1S/C25H29F5N4O2/c26-21-7-15(8-22(27)19(21)13-35)23-9-20(25(28,29)30)24(33-32-23)31-18-5-16-11-34(12-17(16)6-18)10-14-1-3-36-4-2-14/h7-9,14,16-18,35H,1-6,10-13H2,(H,31,33)/t16-,17+,18+. The van der Waals surface area contributed by atoms with Gasteiger partial charge in [-0.05, 0) is 61.6 Å². The number of alkyl halides is 3. The minimum absolute atomic E-state index is 0.148. The van der Waals surface area contributed by atoms with Crippen LogP contribution >= 0.6 is 0 Å². The van der Waals surface area contributed by atoms with Gasteiger partial charge in [-0.3, -0.25) is 0 Å². The maximum Gasteiger partial charge on any atom is 0.420 e. The van der Waals surface area contributed by atoms with E-state index in [1.165, 1.54) is 0 Å². The topological polar surface area (TPSA) is 70.5 Å². The third-order valence-corrected chi connectivity index (χ3v) is 7.72. The molecule has 0 radical (unpaired) electrons. The highest BCUT2D eigenvalue weighted by Crippen LogP contribution is 2.42. The number of likely N-dealkylation sites (tertiary alicyclic amines) is 1. The molecule has 2 aromatic rings. The Kier molecular flexibility index (Phi) is 7.15. The highest BCUT2D eigenvalue weighted by atomic mass is 19.4. The maximum absolute atomic E-state index is 14.1. The monoisotopic (exact) mass is 512 g/mol. The molecule has 3 heterocycles. The molecule has 196 valence electrons. The minimum Gasteiger partial charge on any atom is -0.391 e. The van der Waals surface area contributed by atoms with Gasteiger partial charge in [-0.2, -0.15) is 13.2 Å². The van der Waals surface area contributed by atoms with Crippen molar-refractivity contribution in [2.75, 3.05) is 38.2 Å². The summed E-state index contributed by atoms with van der Waals surface area (Å²) in [6, 6.07) is 2.30. The van der Waals surface area contributed by atoms with Crippen molar-refractivity contribution >= 4 is 5.82 Å². The molecule has 3 aliphatic rings. The third kappa shape index (κ3) is 5.33. The number of hydrogen-bond acceptors (Lipinski definition) is 6. The summed E-state index contributed by atoms with van der Waals surface area (Å²) < 4.78 is 75.2. The molecule has 1 aromatic carbocycles. The molecule has 0 unspecified atom stereocenters. The largest absolute Gasteiger partial charge is 0.420 e. The van der Waals surface area contributed by atoms with Crippen molar-refractivity contribution in [1.82, 2.24) is 15.1 Å². The molecule has 36 heavy (non-hydrogen) atoms. The van der Waals surface area contributed by atoms with Crippen LogP contribution in [-0.4, -0.2) is 59.1 Å². The van der Waals surface area contributed by atoms with Crippen LogP contribution in [0.3, 0.4) is 0 Å². The molecule has 2 aliphatic heterocycles. The number of fused-ring (bicyclic) bond motifs is 1. The second kappa shape index (κ2) is 10.2. The van der Waals surface area contributed by atoms with Crippen LogP contribution in [-0.2, 0) is 17.5 Å². The lowest BCUT2D eigenvalue weighted by atomic mass is 10.00. The smallest absolute Gasteiger partial charge is 0.391 e. The Labute approximate surface area is 205 Å². The second-order valence-corrected chi connectivity index (χ2v) is 10.2. The number of aliphatic hydroxyl groups excluding tert-OH is 1. The van der Waals surface area contributed by atoms with Crippen LogP contribution in [0.15, 0.2) is 18.2 Å². The summed E-state index contributed by atoms with van der Waals surface area (Å²) in [4.78, 5) is 2.48. The lowest BCUT2D eigenvalue weighted by Gasteiger charge is -2.28. The molecule has 3 fully saturated rings. The summed E-state index contributed by atoms with van der Waals surface area (Å²) in [5.74, 6) is -0.985. The lowest BCUT2D eigenvalue weighted by molar-refractivity contribution is -0.137. The lowest BCUT2D eigenvalue weighted by Crippen LogP contribution is -2.32. The zero-order valence-corrected chi connectivity index (χ0v) is 19.7. The number of nitrogens with zero attached hydrogens (tertiary/aromatic N) is 3. The fourth-order valence-electron chi connectivity index (χ4n) is 5.91. The first kappa shape index (κ1) is 25.3. The molecule has 2 saturated heterocycles. The van der Waals surface area contributed by atoms with E-state index in [9.17, 15) is 22.0 Å². The van der Waals surface area contributed by atoms with Crippen molar-refractivity contribution in [2.45, 2.75) is 44.5 Å². The Morgan fingerprint density at radius 2 is 1.64 bits per heavy atom. The summed E-state index contributed by atoms with van der Waals surface area (Å²) in [5.41, 5.74) is -2.08. The quantitative estimate of drug-likeness (QED) is 0.557. The Bertz CT molecular complexity index is 1060. The number of ether oxygens (including phenoxy) is 1. The van der Waals surface area contributed by atoms with Crippen LogP contribution in [0.2, 0.25) is 0 Å². The number of anilines is 1. The van der Waals surface area contributed by atoms with Gasteiger partial charge in [-0.25, -0.2) is 8.78 Å². The van der Waals surface area contributed by atoms with Crippen LogP contribution in [0.25, 0.3) is 11.3 Å². The first-order chi connectivity index (χ1) is 17.2. The van der Waals surface area contributed by atoms with E-state index >= 15 is 0 Å². The van der Waals surface area contributed by atoms with Gasteiger partial charge in [-0.15, -0.1) is 10.2 Å². The SMILES string of the molecule is OCc1c(F)cc(-c2cc(C(F)(F)F)c(N[C@H]3C[C@@H]4CN(CC5CCOCC5)C[C@@H]4C3)nn2)cc1F. The molecule has 3 atom stereocenters. The van der Waals surface area contributed by atoms with E-state index in [2.05, 4.69) is 20.4 Å². The first-order valence-corrected chi connectivity index (χ1v) is 12.3. The molecule has 5 rings (SSSR count). The molecule has 0 amide bonds. The zero-order chi connectivity index (χ0) is 25.4. The summed E-state index contributed by atoms with van der Waals surface area (Å²) in [6.07, 6.45) is -1.06. The van der Waals surface area contributed by atoms with E-state index in [0.29, 0.717) is 17.8 Å². The summed E-state index contributed by atoms with van der Waals surface area (Å²) in [6.45, 7) is 3.74. The number of nitrogens with one attached hydrogen (secondary N) is 1. The molecule has 6 nitrogen and oxygen atoms in total. The van der Waals surface area contributed by atoms with Crippen LogP contribution in [0.5, 0.6) is 0 Å². The van der Waals surface area contributed by atoms with Gasteiger partial charge in [0.2, 0.25) is 0 Å². The van der Waals surface area contributed by atoms with E-state index in [1.807, 2.05) is 0 Å². The van der Waals surface area contributed by atoms with Crippen molar-refractivity contribution in [3.05, 3.63) is 41.0 Å². The molecular weight excluding hydrogens is 483 g/mol. The fourth-order valence-corrected chi connectivity index (χ4v) is 5.91. The van der Waals surface area contributed by atoms with Crippen LogP contribution < -0.4 is 5.32 Å². The predicted octanol–water partition coefficient (Wildman–Crippen LogP) is 4.48. The van der Waals surface area contributed by atoms with Crippen LogP contribution in [0.1, 0.15) is 36.8 Å². The van der Waals surface area contributed by atoms with E-state index in [1.54, 1.807) is 0 Å². The Hall–Kier alpha value is -2.37. The van der Waals surface area contributed by atoms with Gasteiger partial charge in [0.1, 0.15) is 17.2 Å². The zero-order valence-electron chi connectivity index (χ0n) is 19.7. The molecule has 0 spiro atoms. The predicted molar refractivity (Wildman–Crippen MR) is 122 cm³/mol. The average Bonchev–Trinajstić information content (AvgIpc) is 3.37. The Balaban J connectivity index is 1.27. The van der Waals surface area contributed by atoms with E-state index in [4.69, 9.17) is 9.84 Å². The molecule has 1 aliphatic carbocycles. The Morgan fingerprint density at radius 1 is 1.00 bits per heavy atom. The van der Waals surface area contributed by atoms with Gasteiger partial charge in [0.05, 0.1) is 12.3 Å². The van der Waals surface area contributed by atoms with Gasteiger partial charge in [0.15, 0.2) is 5.82 Å². The van der Waals surface area contributed by atoms with E-state index in [-0.39, 0.29) is 23.1 Å². The number of aliphatic hydroxyl groups is 1. The van der Waals surface area contributed by atoms with E-state index in [0.717, 1.165) is 76.7 Å². The molecule has 2 N–H and O–H groups in total.